The fourth-order valence-corrected chi connectivity index (χ4v) is 2.60. The van der Waals surface area contributed by atoms with Gasteiger partial charge in [-0.05, 0) is 10.8 Å². The van der Waals surface area contributed by atoms with Crippen LogP contribution in [-0.4, -0.2) is 46.3 Å². The quantitative estimate of drug-likeness (QED) is 0.644. The second-order valence-corrected chi connectivity index (χ2v) is 8.12. The van der Waals surface area contributed by atoms with E-state index in [-0.39, 0.29) is 0 Å². The minimum absolute atomic E-state index is 1.13. The largest absolute Gasteiger partial charge is 0.445 e. The van der Waals surface area contributed by atoms with E-state index in [1.807, 2.05) is 0 Å². The van der Waals surface area contributed by atoms with Crippen LogP contribution in [0.25, 0.3) is 0 Å². The molecule has 0 spiro atoms. The molecule has 0 bridgehead atoms. The van der Waals surface area contributed by atoms with Gasteiger partial charge in [-0.3, -0.25) is 0 Å². The Morgan fingerprint density at radius 2 is 0.833 bits per heavy atom. The fraction of sp³-hybridized carbons (Fsp3) is 1.00. The van der Waals surface area contributed by atoms with Gasteiger partial charge in [0.2, 0.25) is 0 Å². The summed E-state index contributed by atoms with van der Waals surface area (Å²) in [5, 5.41) is 20.2. The van der Waals surface area contributed by atoms with Gasteiger partial charge in [-0.1, -0.05) is 41.5 Å². The van der Waals surface area contributed by atoms with Crippen LogP contribution in [0.3, 0.4) is 0 Å². The van der Waals surface area contributed by atoms with Crippen LogP contribution in [0.15, 0.2) is 0 Å². The van der Waals surface area contributed by atoms with Crippen molar-refractivity contribution in [1.82, 2.24) is 0 Å². The van der Waals surface area contributed by atoms with Crippen LogP contribution >= 0.6 is 0 Å². The molecule has 0 unspecified atom stereocenters. The third-order valence-corrected chi connectivity index (χ3v) is 3.69. The molecule has 1 heterocycles. The first-order chi connectivity index (χ1) is 10.2. The number of ether oxygens (including phenoxy) is 2. The zero-order valence-electron chi connectivity index (χ0n) is 14.1. The van der Waals surface area contributed by atoms with Crippen LogP contribution in [0.1, 0.15) is 41.5 Å². The van der Waals surface area contributed by atoms with E-state index in [9.17, 15) is 36.6 Å². The summed E-state index contributed by atoms with van der Waals surface area (Å²) in [6.45, 7) is 6.79. The molecule has 1 rings (SSSR count). The Balaban J connectivity index is 3.62. The monoisotopic (exact) mass is 368 g/mol. The standard InChI is InChI=1S/C14H22F6O4/c1-9(2,3)7-11(21,13(15,16)17)24-8(10(4,5)6)12(22,23-7)14(18,19)20/h7-8,21-22H,1-6H3/t7-,8-,11-,12-/m0/s1. The average molecular weight is 368 g/mol. The molecule has 1 fully saturated rings. The first-order valence-electron chi connectivity index (χ1n) is 7.12. The minimum Gasteiger partial charge on any atom is -0.356 e. The van der Waals surface area contributed by atoms with Crippen molar-refractivity contribution in [2.75, 3.05) is 0 Å². The predicted molar refractivity (Wildman–Crippen MR) is 70.7 cm³/mol. The Labute approximate surface area is 135 Å². The van der Waals surface area contributed by atoms with Crippen molar-refractivity contribution in [3.05, 3.63) is 0 Å². The molecular formula is C14H22F6O4. The van der Waals surface area contributed by atoms with E-state index in [0.717, 1.165) is 41.5 Å². The van der Waals surface area contributed by atoms with Gasteiger partial charge in [0.25, 0.3) is 11.6 Å². The highest BCUT2D eigenvalue weighted by Crippen LogP contribution is 2.54. The molecule has 4 nitrogen and oxygen atoms in total. The second kappa shape index (κ2) is 5.46. The topological polar surface area (TPSA) is 58.9 Å². The van der Waals surface area contributed by atoms with Crippen LogP contribution in [0, 0.1) is 10.8 Å². The number of hydrogen-bond donors (Lipinski definition) is 2. The van der Waals surface area contributed by atoms with Gasteiger partial charge >= 0.3 is 12.4 Å². The van der Waals surface area contributed by atoms with Crippen molar-refractivity contribution < 1.29 is 46.0 Å². The highest BCUT2D eigenvalue weighted by atomic mass is 19.4. The van der Waals surface area contributed by atoms with Crippen molar-refractivity contribution in [3.8, 4) is 0 Å². The molecule has 4 atom stereocenters. The van der Waals surface area contributed by atoms with E-state index >= 15 is 0 Å². The molecule has 0 aromatic rings. The van der Waals surface area contributed by atoms with Crippen molar-refractivity contribution in [2.45, 2.75) is 77.7 Å². The van der Waals surface area contributed by atoms with E-state index in [1.165, 1.54) is 0 Å². The van der Waals surface area contributed by atoms with Gasteiger partial charge in [0.1, 0.15) is 12.2 Å². The SMILES string of the molecule is CC(C)(C)[C@@H]1O[C@](O)(C(F)(F)F)[C@H](C(C)(C)C)O[C@]1(O)C(F)(F)F. The Morgan fingerprint density at radius 3 is 0.958 bits per heavy atom. The van der Waals surface area contributed by atoms with Crippen LogP contribution < -0.4 is 0 Å². The normalized spacial score (nSPS) is 36.8. The molecule has 1 aliphatic heterocycles. The summed E-state index contributed by atoms with van der Waals surface area (Å²) < 4.78 is 89.4. The first kappa shape index (κ1) is 21.5. The molecule has 0 aliphatic carbocycles. The Hall–Kier alpha value is -0.580. The van der Waals surface area contributed by atoms with E-state index in [0.29, 0.717) is 0 Å². The number of halogens is 6. The zero-order valence-corrected chi connectivity index (χ0v) is 14.1. The molecule has 0 aromatic carbocycles. The molecule has 0 radical (unpaired) electrons. The van der Waals surface area contributed by atoms with Gasteiger partial charge in [0, 0.05) is 0 Å². The highest BCUT2D eigenvalue weighted by molar-refractivity contribution is 5.05. The summed E-state index contributed by atoms with van der Waals surface area (Å²) >= 11 is 0. The van der Waals surface area contributed by atoms with Gasteiger partial charge in [0.15, 0.2) is 0 Å². The Kier molecular flexibility index (Phi) is 4.88. The lowest BCUT2D eigenvalue weighted by Gasteiger charge is -2.56. The number of hydrogen-bond acceptors (Lipinski definition) is 4. The summed E-state index contributed by atoms with van der Waals surface area (Å²) in [7, 11) is 0. The van der Waals surface area contributed by atoms with E-state index in [2.05, 4.69) is 9.47 Å². The van der Waals surface area contributed by atoms with Gasteiger partial charge in [-0.2, -0.15) is 26.3 Å². The van der Waals surface area contributed by atoms with Crippen molar-refractivity contribution in [1.29, 1.82) is 0 Å². The van der Waals surface area contributed by atoms with Crippen molar-refractivity contribution in [2.24, 2.45) is 10.8 Å². The molecule has 24 heavy (non-hydrogen) atoms. The molecule has 144 valence electrons. The molecule has 1 saturated heterocycles. The predicted octanol–water partition coefficient (Wildman–Crippen LogP) is 3.36. The van der Waals surface area contributed by atoms with Gasteiger partial charge in [-0.15, -0.1) is 0 Å². The van der Waals surface area contributed by atoms with Crippen LogP contribution in [0.4, 0.5) is 26.3 Å². The number of rotatable bonds is 0. The minimum atomic E-state index is -5.44. The Morgan fingerprint density at radius 1 is 0.625 bits per heavy atom. The molecule has 0 saturated carbocycles. The summed E-state index contributed by atoms with van der Waals surface area (Å²) in [5.74, 6) is -8.03. The van der Waals surface area contributed by atoms with E-state index in [4.69, 9.17) is 0 Å². The summed E-state index contributed by atoms with van der Waals surface area (Å²) in [5.41, 5.74) is -3.27. The molecule has 1 aliphatic rings. The van der Waals surface area contributed by atoms with Gasteiger partial charge < -0.3 is 19.7 Å². The number of aliphatic hydroxyl groups is 2. The summed E-state index contributed by atoms with van der Waals surface area (Å²) in [6.07, 6.45) is -15.9. The maximum absolute atomic E-state index is 13.4. The zero-order chi connectivity index (χ0) is 19.6. The second-order valence-electron chi connectivity index (χ2n) is 8.12. The third-order valence-electron chi connectivity index (χ3n) is 3.69. The molecule has 0 amide bonds. The summed E-state index contributed by atoms with van der Waals surface area (Å²) in [4.78, 5) is 0. The van der Waals surface area contributed by atoms with Crippen molar-refractivity contribution in [3.63, 3.8) is 0 Å². The molecular weight excluding hydrogens is 346 g/mol. The maximum atomic E-state index is 13.4. The lowest BCUT2D eigenvalue weighted by atomic mass is 9.77. The maximum Gasteiger partial charge on any atom is 0.445 e. The fourth-order valence-electron chi connectivity index (χ4n) is 2.60. The average Bonchev–Trinajstić information content (AvgIpc) is 2.26. The lowest BCUT2D eigenvalue weighted by Crippen LogP contribution is -2.76. The van der Waals surface area contributed by atoms with E-state index in [1.54, 1.807) is 0 Å². The molecule has 10 heteroatoms. The van der Waals surface area contributed by atoms with E-state index < -0.39 is 47.0 Å². The van der Waals surface area contributed by atoms with Gasteiger partial charge in [0.05, 0.1) is 0 Å². The third kappa shape index (κ3) is 3.38. The molecule has 0 aromatic heterocycles. The lowest BCUT2D eigenvalue weighted by molar-refractivity contribution is -0.534. The van der Waals surface area contributed by atoms with Gasteiger partial charge in [-0.25, -0.2) is 0 Å². The Bertz CT molecular complexity index is 432. The van der Waals surface area contributed by atoms with Crippen LogP contribution in [0.5, 0.6) is 0 Å². The number of alkyl halides is 6. The molecule has 2 N–H and O–H groups in total. The van der Waals surface area contributed by atoms with Crippen LogP contribution in [-0.2, 0) is 9.47 Å². The smallest absolute Gasteiger partial charge is 0.356 e. The van der Waals surface area contributed by atoms with Crippen molar-refractivity contribution >= 4 is 0 Å². The van der Waals surface area contributed by atoms with Crippen LogP contribution in [0.2, 0.25) is 0 Å². The first-order valence-corrected chi connectivity index (χ1v) is 7.12. The highest BCUT2D eigenvalue weighted by Gasteiger charge is 2.76. The summed E-state index contributed by atoms with van der Waals surface area (Å²) in [6, 6.07) is 0.